The number of nitrogens with zero attached hydrogens (tertiary/aromatic N) is 2. The third kappa shape index (κ3) is 7.73. The summed E-state index contributed by atoms with van der Waals surface area (Å²) in [5, 5.41) is 2.88. The molecule has 0 heterocycles. The van der Waals surface area contributed by atoms with Gasteiger partial charge in [-0.2, -0.15) is 0 Å². The van der Waals surface area contributed by atoms with Gasteiger partial charge >= 0.3 is 0 Å². The first-order valence-corrected chi connectivity index (χ1v) is 15.1. The van der Waals surface area contributed by atoms with Gasteiger partial charge in [0.25, 0.3) is 10.0 Å². The lowest BCUT2D eigenvalue weighted by atomic mass is 10.1. The molecule has 0 saturated heterocycles. The van der Waals surface area contributed by atoms with Crippen molar-refractivity contribution in [3.8, 4) is 17.2 Å². The number of hydrogen-bond donors (Lipinski definition) is 1. The van der Waals surface area contributed by atoms with Crippen molar-refractivity contribution in [3.05, 3.63) is 78.4 Å². The number of nitrogens with one attached hydrogen (secondary N) is 1. The monoisotopic (exact) mass is 597 g/mol. The van der Waals surface area contributed by atoms with E-state index >= 15 is 0 Å². The van der Waals surface area contributed by atoms with Gasteiger partial charge in [-0.05, 0) is 66.9 Å². The van der Waals surface area contributed by atoms with Crippen molar-refractivity contribution in [3.63, 3.8) is 0 Å². The Morgan fingerprint density at radius 3 is 1.98 bits per heavy atom. The molecule has 0 unspecified atom stereocenters. The number of amides is 2. The van der Waals surface area contributed by atoms with Crippen LogP contribution in [0.25, 0.3) is 0 Å². The number of carbonyl (C=O) groups excluding carboxylic acids is 2. The van der Waals surface area contributed by atoms with Crippen molar-refractivity contribution in [1.29, 1.82) is 0 Å². The highest BCUT2D eigenvalue weighted by atomic mass is 32.2. The minimum Gasteiger partial charge on any atom is -0.497 e. The van der Waals surface area contributed by atoms with Gasteiger partial charge in [-0.3, -0.25) is 13.9 Å². The molecular weight excluding hydrogens is 558 g/mol. The predicted octanol–water partition coefficient (Wildman–Crippen LogP) is 4.24. The average molecular weight is 598 g/mol. The fourth-order valence-electron chi connectivity index (χ4n) is 4.44. The van der Waals surface area contributed by atoms with Gasteiger partial charge < -0.3 is 24.4 Å². The van der Waals surface area contributed by atoms with Crippen molar-refractivity contribution in [2.45, 2.75) is 44.2 Å². The van der Waals surface area contributed by atoms with E-state index in [0.29, 0.717) is 24.5 Å². The fraction of sp³-hybridized carbons (Fsp3) is 0.355. The lowest BCUT2D eigenvalue weighted by molar-refractivity contribution is -0.140. The molecule has 0 spiro atoms. The third-order valence-corrected chi connectivity index (χ3v) is 8.50. The number of methoxy groups -OCH3 is 3. The van der Waals surface area contributed by atoms with Crippen LogP contribution in [0, 0.1) is 0 Å². The summed E-state index contributed by atoms with van der Waals surface area (Å²) in [7, 11) is 0.224. The molecule has 11 heteroatoms. The van der Waals surface area contributed by atoms with Crippen LogP contribution in [-0.4, -0.2) is 65.6 Å². The lowest BCUT2D eigenvalue weighted by Crippen LogP contribution is -2.52. The van der Waals surface area contributed by atoms with E-state index in [2.05, 4.69) is 5.32 Å². The summed E-state index contributed by atoms with van der Waals surface area (Å²) < 4.78 is 45.1. The zero-order valence-electron chi connectivity index (χ0n) is 24.7. The first-order valence-electron chi connectivity index (χ1n) is 13.7. The van der Waals surface area contributed by atoms with Crippen LogP contribution in [0.15, 0.2) is 77.7 Å². The Hall–Kier alpha value is -4.25. The summed E-state index contributed by atoms with van der Waals surface area (Å²) in [6.45, 7) is 3.73. The van der Waals surface area contributed by atoms with Gasteiger partial charge in [0.15, 0.2) is 0 Å². The molecule has 0 aliphatic heterocycles. The molecular formula is C31H39N3O7S. The van der Waals surface area contributed by atoms with Gasteiger partial charge in [-0.1, -0.05) is 38.1 Å². The van der Waals surface area contributed by atoms with Crippen LogP contribution >= 0.6 is 0 Å². The third-order valence-electron chi connectivity index (χ3n) is 6.73. The second-order valence-electron chi connectivity index (χ2n) is 9.44. The van der Waals surface area contributed by atoms with Crippen molar-refractivity contribution in [2.75, 3.05) is 38.7 Å². The van der Waals surface area contributed by atoms with Gasteiger partial charge in [0.05, 0.1) is 31.9 Å². The number of anilines is 1. The number of rotatable bonds is 15. The first-order chi connectivity index (χ1) is 20.2. The summed E-state index contributed by atoms with van der Waals surface area (Å²) in [5.74, 6) is 0.563. The Kier molecular flexibility index (Phi) is 11.6. The van der Waals surface area contributed by atoms with Crippen molar-refractivity contribution >= 4 is 27.5 Å². The van der Waals surface area contributed by atoms with E-state index in [4.69, 9.17) is 14.2 Å². The summed E-state index contributed by atoms with van der Waals surface area (Å²) in [5.41, 5.74) is 0.949. The Bertz CT molecular complexity index is 1430. The molecule has 0 bridgehead atoms. The second-order valence-corrected chi connectivity index (χ2v) is 11.3. The van der Waals surface area contributed by atoms with E-state index in [-0.39, 0.29) is 28.8 Å². The summed E-state index contributed by atoms with van der Waals surface area (Å²) in [6.07, 6.45) is 1.06. The van der Waals surface area contributed by atoms with Gasteiger partial charge in [0.2, 0.25) is 11.8 Å². The molecule has 2 amide bonds. The van der Waals surface area contributed by atoms with E-state index < -0.39 is 28.5 Å². The standard InChI is InChI=1S/C31H39N3O7S/c1-6-20-32-31(36)27(7-2)33(21-23-12-14-24(39-3)15-13-23)30(35)22-34(28-10-8-9-11-29(28)41-5)42(37,38)26-18-16-25(40-4)17-19-26/h8-19,27H,6-7,20-22H2,1-5H3,(H,32,36)/t27-/m1/s1. The zero-order chi connectivity index (χ0) is 30.7. The van der Waals surface area contributed by atoms with Crippen molar-refractivity contribution in [1.82, 2.24) is 10.2 Å². The van der Waals surface area contributed by atoms with Crippen LogP contribution in [-0.2, 0) is 26.2 Å². The number of carbonyl (C=O) groups is 2. The molecule has 1 N–H and O–H groups in total. The van der Waals surface area contributed by atoms with Crippen LogP contribution in [0.3, 0.4) is 0 Å². The smallest absolute Gasteiger partial charge is 0.264 e. The highest BCUT2D eigenvalue weighted by Gasteiger charge is 2.34. The largest absolute Gasteiger partial charge is 0.497 e. The molecule has 0 aliphatic rings. The topological polar surface area (TPSA) is 114 Å². The molecule has 0 saturated carbocycles. The maximum atomic E-state index is 14.2. The molecule has 3 rings (SSSR count). The van der Waals surface area contributed by atoms with E-state index in [9.17, 15) is 18.0 Å². The number of sulfonamides is 1. The zero-order valence-corrected chi connectivity index (χ0v) is 25.5. The molecule has 0 fully saturated rings. The normalized spacial score (nSPS) is 11.7. The van der Waals surface area contributed by atoms with Crippen molar-refractivity contribution in [2.24, 2.45) is 0 Å². The molecule has 1 atom stereocenters. The Morgan fingerprint density at radius 2 is 1.43 bits per heavy atom. The maximum absolute atomic E-state index is 14.2. The van der Waals surface area contributed by atoms with E-state index in [1.165, 1.54) is 43.4 Å². The van der Waals surface area contributed by atoms with Gasteiger partial charge in [0.1, 0.15) is 29.8 Å². The summed E-state index contributed by atoms with van der Waals surface area (Å²) in [6, 6.07) is 18.8. The Balaban J connectivity index is 2.08. The number of ether oxygens (including phenoxy) is 3. The van der Waals surface area contributed by atoms with Gasteiger partial charge in [-0.15, -0.1) is 0 Å². The highest BCUT2D eigenvalue weighted by Crippen LogP contribution is 2.33. The van der Waals surface area contributed by atoms with Crippen LogP contribution in [0.2, 0.25) is 0 Å². The first kappa shape index (κ1) is 32.3. The van der Waals surface area contributed by atoms with E-state index in [1.54, 1.807) is 43.5 Å². The Labute approximate surface area is 248 Å². The predicted molar refractivity (Wildman–Crippen MR) is 161 cm³/mol. The van der Waals surface area contributed by atoms with Crippen LogP contribution < -0.4 is 23.8 Å². The molecule has 0 radical (unpaired) electrons. The van der Waals surface area contributed by atoms with Gasteiger partial charge in [-0.25, -0.2) is 8.42 Å². The van der Waals surface area contributed by atoms with Crippen LogP contribution in [0.4, 0.5) is 5.69 Å². The molecule has 0 aromatic heterocycles. The second kappa shape index (κ2) is 15.1. The molecule has 226 valence electrons. The lowest BCUT2D eigenvalue weighted by Gasteiger charge is -2.33. The highest BCUT2D eigenvalue weighted by molar-refractivity contribution is 7.92. The van der Waals surface area contributed by atoms with Gasteiger partial charge in [0, 0.05) is 13.1 Å². The maximum Gasteiger partial charge on any atom is 0.264 e. The molecule has 3 aromatic carbocycles. The molecule has 0 aliphatic carbocycles. The molecule has 42 heavy (non-hydrogen) atoms. The van der Waals surface area contributed by atoms with Crippen LogP contribution in [0.1, 0.15) is 32.3 Å². The summed E-state index contributed by atoms with van der Waals surface area (Å²) >= 11 is 0. The number of benzene rings is 3. The minimum atomic E-state index is -4.26. The SMILES string of the molecule is CCCNC(=O)[C@@H](CC)N(Cc1ccc(OC)cc1)C(=O)CN(c1ccccc1OC)S(=O)(=O)c1ccc(OC)cc1. The molecule has 10 nitrogen and oxygen atoms in total. The van der Waals surface area contributed by atoms with E-state index in [1.807, 2.05) is 26.0 Å². The number of para-hydroxylation sites is 2. The van der Waals surface area contributed by atoms with Crippen LogP contribution in [0.5, 0.6) is 17.2 Å². The van der Waals surface area contributed by atoms with Crippen molar-refractivity contribution < 1.29 is 32.2 Å². The molecule has 3 aromatic rings. The summed E-state index contributed by atoms with van der Waals surface area (Å²) in [4.78, 5) is 28.8. The Morgan fingerprint density at radius 1 is 0.833 bits per heavy atom. The fourth-order valence-corrected chi connectivity index (χ4v) is 5.86. The number of hydrogen-bond acceptors (Lipinski definition) is 7. The average Bonchev–Trinajstić information content (AvgIpc) is 3.02. The quantitative estimate of drug-likeness (QED) is 0.279. The minimum absolute atomic E-state index is 0.0311. The van der Waals surface area contributed by atoms with E-state index in [0.717, 1.165) is 16.3 Å².